The van der Waals surface area contributed by atoms with Crippen molar-refractivity contribution >= 4 is 5.91 Å². The van der Waals surface area contributed by atoms with Crippen LogP contribution in [0.5, 0.6) is 0 Å². The normalized spacial score (nSPS) is 17.5. The first-order valence-electron chi connectivity index (χ1n) is 9.95. The van der Waals surface area contributed by atoms with Gasteiger partial charge in [0.2, 0.25) is 5.91 Å². The summed E-state index contributed by atoms with van der Waals surface area (Å²) in [6, 6.07) is 11.9. The summed E-state index contributed by atoms with van der Waals surface area (Å²) >= 11 is 0. The van der Waals surface area contributed by atoms with Gasteiger partial charge in [0.15, 0.2) is 0 Å². The third kappa shape index (κ3) is 3.98. The summed E-state index contributed by atoms with van der Waals surface area (Å²) in [5, 5.41) is 11.2. The lowest BCUT2D eigenvalue weighted by atomic mass is 10.1. The van der Waals surface area contributed by atoms with Crippen molar-refractivity contribution in [3.8, 4) is 5.69 Å². The second-order valence-electron chi connectivity index (χ2n) is 7.21. The summed E-state index contributed by atoms with van der Waals surface area (Å²) in [6.45, 7) is 2.87. The van der Waals surface area contributed by atoms with Crippen LogP contribution in [0.2, 0.25) is 0 Å². The minimum atomic E-state index is 0.0378. The van der Waals surface area contributed by atoms with Crippen molar-refractivity contribution in [1.82, 2.24) is 25.1 Å². The van der Waals surface area contributed by atoms with E-state index in [9.17, 15) is 4.79 Å². The zero-order valence-corrected chi connectivity index (χ0v) is 16.1. The van der Waals surface area contributed by atoms with Gasteiger partial charge in [0.1, 0.15) is 17.8 Å². The van der Waals surface area contributed by atoms with E-state index >= 15 is 0 Å². The molecular formula is C21H25N5O2. The number of likely N-dealkylation sites (tertiary alicyclic amines) is 1. The molecule has 0 radical (unpaired) electrons. The highest BCUT2D eigenvalue weighted by atomic mass is 16.3. The van der Waals surface area contributed by atoms with Crippen molar-refractivity contribution in [3.05, 3.63) is 59.8 Å². The van der Waals surface area contributed by atoms with Crippen LogP contribution in [0.3, 0.4) is 0 Å². The highest BCUT2D eigenvalue weighted by Crippen LogP contribution is 2.32. The fraction of sp³-hybridized carbons (Fsp3) is 0.429. The lowest BCUT2D eigenvalue weighted by Gasteiger charge is -2.29. The highest BCUT2D eigenvalue weighted by Gasteiger charge is 2.29. The van der Waals surface area contributed by atoms with Crippen LogP contribution in [0, 0.1) is 0 Å². The van der Waals surface area contributed by atoms with E-state index in [1.807, 2.05) is 41.3 Å². The molecule has 146 valence electrons. The molecule has 7 nitrogen and oxygen atoms in total. The second-order valence-corrected chi connectivity index (χ2v) is 7.21. The average molecular weight is 379 g/mol. The fourth-order valence-electron chi connectivity index (χ4n) is 3.79. The van der Waals surface area contributed by atoms with Gasteiger partial charge in [0, 0.05) is 13.0 Å². The molecule has 0 N–H and O–H groups in total. The molecule has 0 aliphatic carbocycles. The molecule has 28 heavy (non-hydrogen) atoms. The number of aryl methyl sites for hydroxylation is 1. The van der Waals surface area contributed by atoms with Crippen molar-refractivity contribution in [2.75, 3.05) is 6.54 Å². The molecule has 1 aliphatic heterocycles. The standard InChI is InChI=1S/C21H25N5O2/c1-2-18-11-12-20(28-18)19-6-4-3-5-13-25(19)21(27)14-16-7-9-17(10-8-16)26-15-22-23-24-26/h7-12,15,19H,2-6,13-14H2,1H3. The van der Waals surface area contributed by atoms with Gasteiger partial charge in [-0.1, -0.05) is 31.9 Å². The molecule has 1 aromatic carbocycles. The van der Waals surface area contributed by atoms with Crippen LogP contribution in [-0.4, -0.2) is 37.6 Å². The summed E-state index contributed by atoms with van der Waals surface area (Å²) in [7, 11) is 0. The molecule has 1 saturated heterocycles. The van der Waals surface area contributed by atoms with E-state index in [2.05, 4.69) is 22.4 Å². The molecular weight excluding hydrogens is 354 g/mol. The molecule has 0 saturated carbocycles. The third-order valence-electron chi connectivity index (χ3n) is 5.34. The number of aromatic nitrogens is 4. The Balaban J connectivity index is 1.49. The SMILES string of the molecule is CCc1ccc(C2CCCCCN2C(=O)Cc2ccc(-n3cnnn3)cc2)o1. The number of hydrogen-bond donors (Lipinski definition) is 0. The Hall–Kier alpha value is -2.96. The lowest BCUT2D eigenvalue weighted by Crippen LogP contribution is -2.35. The van der Waals surface area contributed by atoms with Crippen LogP contribution >= 0.6 is 0 Å². The first-order valence-corrected chi connectivity index (χ1v) is 9.95. The number of rotatable bonds is 5. The van der Waals surface area contributed by atoms with E-state index < -0.39 is 0 Å². The maximum absolute atomic E-state index is 13.1. The predicted molar refractivity (Wildman–Crippen MR) is 104 cm³/mol. The van der Waals surface area contributed by atoms with E-state index in [0.29, 0.717) is 6.42 Å². The summed E-state index contributed by atoms with van der Waals surface area (Å²) in [4.78, 5) is 15.2. The molecule has 3 aromatic rings. The Labute approximate surface area is 164 Å². The molecule has 3 heterocycles. The summed E-state index contributed by atoms with van der Waals surface area (Å²) in [6.07, 6.45) is 7.08. The van der Waals surface area contributed by atoms with Crippen molar-refractivity contribution in [1.29, 1.82) is 0 Å². The molecule has 1 aliphatic rings. The quantitative estimate of drug-likeness (QED) is 0.678. The summed E-state index contributed by atoms with van der Waals surface area (Å²) < 4.78 is 7.60. The molecule has 0 spiro atoms. The lowest BCUT2D eigenvalue weighted by molar-refractivity contribution is -0.133. The van der Waals surface area contributed by atoms with E-state index in [4.69, 9.17) is 4.42 Å². The Morgan fingerprint density at radius 1 is 1.14 bits per heavy atom. The number of carbonyl (C=O) groups excluding carboxylic acids is 1. The molecule has 7 heteroatoms. The van der Waals surface area contributed by atoms with Gasteiger partial charge in [-0.2, -0.15) is 0 Å². The second kappa shape index (κ2) is 8.37. The van der Waals surface area contributed by atoms with E-state index in [0.717, 1.165) is 61.4 Å². The summed E-state index contributed by atoms with van der Waals surface area (Å²) in [5.74, 6) is 2.04. The Bertz CT molecular complexity index is 901. The highest BCUT2D eigenvalue weighted by molar-refractivity contribution is 5.79. The molecule has 2 aromatic heterocycles. The van der Waals surface area contributed by atoms with Crippen LogP contribution in [0.4, 0.5) is 0 Å². The fourth-order valence-corrected chi connectivity index (χ4v) is 3.79. The van der Waals surface area contributed by atoms with Gasteiger partial charge in [-0.3, -0.25) is 4.79 Å². The summed E-state index contributed by atoms with van der Waals surface area (Å²) in [5.41, 5.74) is 1.86. The molecule has 0 bridgehead atoms. The largest absolute Gasteiger partial charge is 0.464 e. The van der Waals surface area contributed by atoms with E-state index in [1.54, 1.807) is 11.0 Å². The van der Waals surface area contributed by atoms with Gasteiger partial charge < -0.3 is 9.32 Å². The zero-order valence-electron chi connectivity index (χ0n) is 16.1. The minimum Gasteiger partial charge on any atom is -0.464 e. The van der Waals surface area contributed by atoms with E-state index in [-0.39, 0.29) is 11.9 Å². The van der Waals surface area contributed by atoms with Gasteiger partial charge >= 0.3 is 0 Å². The first-order chi connectivity index (χ1) is 13.7. The molecule has 1 atom stereocenters. The van der Waals surface area contributed by atoms with Crippen molar-refractivity contribution in [2.24, 2.45) is 0 Å². The van der Waals surface area contributed by atoms with Crippen LogP contribution in [0.1, 0.15) is 55.7 Å². The molecule has 4 rings (SSSR count). The number of nitrogens with zero attached hydrogens (tertiary/aromatic N) is 5. The zero-order chi connectivity index (χ0) is 19.3. The van der Waals surface area contributed by atoms with Crippen LogP contribution in [0.15, 0.2) is 47.1 Å². The van der Waals surface area contributed by atoms with Crippen LogP contribution in [-0.2, 0) is 17.6 Å². The Kier molecular flexibility index (Phi) is 5.50. The molecule has 1 amide bonds. The van der Waals surface area contributed by atoms with Gasteiger partial charge in [-0.05, 0) is 53.1 Å². The molecule has 1 unspecified atom stereocenters. The maximum atomic E-state index is 13.1. The van der Waals surface area contributed by atoms with Gasteiger partial charge in [-0.25, -0.2) is 4.68 Å². The first kappa shape index (κ1) is 18.4. The molecule has 1 fully saturated rings. The topological polar surface area (TPSA) is 77.1 Å². The third-order valence-corrected chi connectivity index (χ3v) is 5.34. The number of hydrogen-bond acceptors (Lipinski definition) is 5. The van der Waals surface area contributed by atoms with Crippen molar-refractivity contribution in [2.45, 2.75) is 51.5 Å². The number of tetrazole rings is 1. The van der Waals surface area contributed by atoms with Crippen molar-refractivity contribution in [3.63, 3.8) is 0 Å². The predicted octanol–water partition coefficient (Wildman–Crippen LogP) is 3.50. The average Bonchev–Trinajstić information content (AvgIpc) is 3.36. The maximum Gasteiger partial charge on any atom is 0.227 e. The Morgan fingerprint density at radius 2 is 2.00 bits per heavy atom. The van der Waals surface area contributed by atoms with E-state index in [1.165, 1.54) is 0 Å². The monoisotopic (exact) mass is 379 g/mol. The number of carbonyl (C=O) groups is 1. The Morgan fingerprint density at radius 3 is 2.71 bits per heavy atom. The number of benzene rings is 1. The van der Waals surface area contributed by atoms with Crippen LogP contribution in [0.25, 0.3) is 5.69 Å². The minimum absolute atomic E-state index is 0.0378. The van der Waals surface area contributed by atoms with Crippen LogP contribution < -0.4 is 0 Å². The van der Waals surface area contributed by atoms with Gasteiger partial charge in [-0.15, -0.1) is 5.10 Å². The van der Waals surface area contributed by atoms with Crippen molar-refractivity contribution < 1.29 is 9.21 Å². The smallest absolute Gasteiger partial charge is 0.227 e. The van der Waals surface area contributed by atoms with Gasteiger partial charge in [0.25, 0.3) is 0 Å². The van der Waals surface area contributed by atoms with Gasteiger partial charge in [0.05, 0.1) is 18.2 Å². The number of furan rings is 1. The number of amides is 1.